The van der Waals surface area contributed by atoms with Crippen LogP contribution in [0, 0.1) is 6.92 Å². The highest BCUT2D eigenvalue weighted by molar-refractivity contribution is 7.92. The van der Waals surface area contributed by atoms with Gasteiger partial charge < -0.3 is 14.8 Å². The predicted molar refractivity (Wildman–Crippen MR) is 136 cm³/mol. The van der Waals surface area contributed by atoms with Gasteiger partial charge in [-0.05, 0) is 66.9 Å². The van der Waals surface area contributed by atoms with Crippen molar-refractivity contribution >= 4 is 33.2 Å². The summed E-state index contributed by atoms with van der Waals surface area (Å²) in [5, 5.41) is 3.46. The van der Waals surface area contributed by atoms with Crippen LogP contribution in [0.2, 0.25) is 5.02 Å². The molecular formula is C26H27ClN2O5S. The molecular weight excluding hydrogens is 488 g/mol. The Morgan fingerprint density at radius 2 is 1.89 bits per heavy atom. The van der Waals surface area contributed by atoms with Crippen molar-refractivity contribution in [3.8, 4) is 11.5 Å². The first-order chi connectivity index (χ1) is 16.7. The Morgan fingerprint density at radius 1 is 1.17 bits per heavy atom. The van der Waals surface area contributed by atoms with E-state index in [1.165, 1.54) is 28.6 Å². The van der Waals surface area contributed by atoms with Crippen molar-refractivity contribution in [2.45, 2.75) is 37.3 Å². The number of rotatable bonds is 7. The molecule has 7 nitrogen and oxygen atoms in total. The molecule has 1 N–H and O–H groups in total. The Hall–Kier alpha value is -3.23. The fourth-order valence-electron chi connectivity index (χ4n) is 4.10. The smallest absolute Gasteiger partial charge is 0.264 e. The molecule has 184 valence electrons. The number of carbonyl (C=O) groups is 1. The van der Waals surface area contributed by atoms with E-state index in [9.17, 15) is 13.2 Å². The van der Waals surface area contributed by atoms with Crippen LogP contribution in [-0.4, -0.2) is 34.1 Å². The first-order valence-electron chi connectivity index (χ1n) is 11.2. The third kappa shape index (κ3) is 5.09. The molecule has 0 aliphatic carbocycles. The minimum atomic E-state index is -3.96. The number of benzene rings is 3. The number of halogens is 1. The zero-order chi connectivity index (χ0) is 25.2. The Kier molecular flexibility index (Phi) is 7.23. The van der Waals surface area contributed by atoms with Crippen molar-refractivity contribution in [2.75, 3.05) is 18.0 Å². The monoisotopic (exact) mass is 514 g/mol. The highest BCUT2D eigenvalue weighted by Crippen LogP contribution is 2.37. The van der Waals surface area contributed by atoms with E-state index in [-0.39, 0.29) is 17.5 Å². The van der Waals surface area contributed by atoms with E-state index in [1.54, 1.807) is 31.4 Å². The van der Waals surface area contributed by atoms with Gasteiger partial charge in [0.25, 0.3) is 15.9 Å². The molecule has 3 aromatic carbocycles. The van der Waals surface area contributed by atoms with Crippen LogP contribution in [0.3, 0.4) is 0 Å². The second kappa shape index (κ2) is 10.2. The molecule has 1 aliphatic rings. The maximum Gasteiger partial charge on any atom is 0.264 e. The van der Waals surface area contributed by atoms with Crippen molar-refractivity contribution in [3.63, 3.8) is 0 Å². The number of ether oxygens (including phenoxy) is 2. The largest absolute Gasteiger partial charge is 0.496 e. The minimum Gasteiger partial charge on any atom is -0.496 e. The van der Waals surface area contributed by atoms with Crippen LogP contribution in [0.1, 0.15) is 30.5 Å². The number of amides is 1. The normalized spacial score (nSPS) is 16.1. The van der Waals surface area contributed by atoms with E-state index in [0.717, 1.165) is 16.9 Å². The topological polar surface area (TPSA) is 84.9 Å². The number of sulfonamides is 1. The quantitative estimate of drug-likeness (QED) is 0.485. The van der Waals surface area contributed by atoms with Crippen LogP contribution >= 0.6 is 11.6 Å². The highest BCUT2D eigenvalue weighted by atomic mass is 35.5. The lowest BCUT2D eigenvalue weighted by molar-refractivity contribution is -0.128. The van der Waals surface area contributed by atoms with Gasteiger partial charge in [-0.1, -0.05) is 42.8 Å². The Morgan fingerprint density at radius 3 is 2.54 bits per heavy atom. The predicted octanol–water partition coefficient (Wildman–Crippen LogP) is 4.88. The van der Waals surface area contributed by atoms with Gasteiger partial charge in [0.2, 0.25) is 0 Å². The van der Waals surface area contributed by atoms with Crippen LogP contribution in [0.5, 0.6) is 11.5 Å². The van der Waals surface area contributed by atoms with Gasteiger partial charge in [-0.2, -0.15) is 0 Å². The Balaban J connectivity index is 1.61. The van der Waals surface area contributed by atoms with E-state index in [1.807, 2.05) is 32.0 Å². The number of anilines is 1. The number of carbonyl (C=O) groups excluding carboxylic acids is 1. The highest BCUT2D eigenvalue weighted by Gasteiger charge is 2.38. The van der Waals surface area contributed by atoms with Gasteiger partial charge in [0.1, 0.15) is 11.5 Å². The first-order valence-corrected chi connectivity index (χ1v) is 13.0. The molecule has 3 aromatic rings. The number of nitrogens with one attached hydrogen (secondary N) is 1. The Bertz CT molecular complexity index is 1330. The number of nitrogens with zero attached hydrogens (tertiary/aromatic N) is 1. The third-order valence-corrected chi connectivity index (χ3v) is 8.02. The van der Waals surface area contributed by atoms with Crippen molar-refractivity contribution in [3.05, 3.63) is 82.9 Å². The molecule has 0 radical (unpaired) electrons. The van der Waals surface area contributed by atoms with Gasteiger partial charge in [-0.3, -0.25) is 9.10 Å². The van der Waals surface area contributed by atoms with E-state index >= 15 is 0 Å². The number of para-hydroxylation sites is 2. The molecule has 0 saturated heterocycles. The van der Waals surface area contributed by atoms with E-state index in [4.69, 9.17) is 21.1 Å². The van der Waals surface area contributed by atoms with Crippen molar-refractivity contribution in [2.24, 2.45) is 0 Å². The van der Waals surface area contributed by atoms with Crippen LogP contribution in [0.4, 0.5) is 5.69 Å². The average Bonchev–Trinajstić information content (AvgIpc) is 2.86. The summed E-state index contributed by atoms with van der Waals surface area (Å²) in [4.78, 5) is 13.4. The molecule has 0 fully saturated rings. The van der Waals surface area contributed by atoms with Crippen molar-refractivity contribution in [1.29, 1.82) is 0 Å². The lowest BCUT2D eigenvalue weighted by atomic mass is 10.0. The number of aryl methyl sites for hydroxylation is 1. The fraction of sp³-hybridized carbons (Fsp3) is 0.269. The van der Waals surface area contributed by atoms with Crippen molar-refractivity contribution < 1.29 is 22.7 Å². The molecule has 1 amide bonds. The molecule has 0 saturated carbocycles. The molecule has 1 aliphatic heterocycles. The van der Waals surface area contributed by atoms with E-state index < -0.39 is 22.0 Å². The lowest BCUT2D eigenvalue weighted by Gasteiger charge is -2.35. The van der Waals surface area contributed by atoms with E-state index in [0.29, 0.717) is 22.9 Å². The number of fused-ring (bicyclic) bond motifs is 1. The summed E-state index contributed by atoms with van der Waals surface area (Å²) in [6, 6.07) is 18.2. The zero-order valence-corrected chi connectivity index (χ0v) is 21.3. The van der Waals surface area contributed by atoms with E-state index in [2.05, 4.69) is 5.32 Å². The number of hydrogen-bond donors (Lipinski definition) is 1. The summed E-state index contributed by atoms with van der Waals surface area (Å²) in [7, 11) is -2.34. The van der Waals surface area contributed by atoms with Crippen LogP contribution in [-0.2, 0) is 14.8 Å². The van der Waals surface area contributed by atoms with Crippen LogP contribution < -0.4 is 19.1 Å². The minimum absolute atomic E-state index is 0.0814. The van der Waals surface area contributed by atoms with Gasteiger partial charge in [-0.15, -0.1) is 0 Å². The van der Waals surface area contributed by atoms with Crippen LogP contribution in [0.15, 0.2) is 71.6 Å². The molecule has 4 rings (SSSR count). The molecule has 0 spiro atoms. The second-order valence-corrected chi connectivity index (χ2v) is 10.6. The maximum atomic E-state index is 13.5. The van der Waals surface area contributed by atoms with Gasteiger partial charge in [0.05, 0.1) is 30.3 Å². The average molecular weight is 515 g/mol. The summed E-state index contributed by atoms with van der Waals surface area (Å²) in [5.74, 6) is 0.700. The van der Waals surface area contributed by atoms with Gasteiger partial charge in [0, 0.05) is 5.02 Å². The molecule has 35 heavy (non-hydrogen) atoms. The van der Waals surface area contributed by atoms with Gasteiger partial charge in [0.15, 0.2) is 6.10 Å². The summed E-state index contributed by atoms with van der Waals surface area (Å²) in [6.07, 6.45) is -0.381. The summed E-state index contributed by atoms with van der Waals surface area (Å²) >= 11 is 5.94. The third-order valence-electron chi connectivity index (χ3n) is 5.97. The summed E-state index contributed by atoms with van der Waals surface area (Å²) in [6.45, 7) is 3.75. The number of methoxy groups -OCH3 is 1. The molecule has 0 bridgehead atoms. The molecule has 1 heterocycles. The molecule has 9 heteroatoms. The molecule has 2 atom stereocenters. The van der Waals surface area contributed by atoms with Crippen molar-refractivity contribution in [1.82, 2.24) is 5.32 Å². The van der Waals surface area contributed by atoms with Gasteiger partial charge >= 0.3 is 0 Å². The first kappa shape index (κ1) is 24.9. The fourth-order valence-corrected chi connectivity index (χ4v) is 5.71. The zero-order valence-electron chi connectivity index (χ0n) is 19.7. The SMILES string of the molecule is CCC(NC(=O)C1CN(S(=O)(=O)c2ccc(Cl)cc2)c2ccccc2O1)c1ccc(OC)c(C)c1. The van der Waals surface area contributed by atoms with Gasteiger partial charge in [-0.25, -0.2) is 8.42 Å². The molecule has 2 unspecified atom stereocenters. The number of hydrogen-bond acceptors (Lipinski definition) is 5. The second-order valence-electron chi connectivity index (χ2n) is 8.26. The lowest BCUT2D eigenvalue weighted by Crippen LogP contribution is -2.51. The summed E-state index contributed by atoms with van der Waals surface area (Å²) in [5.41, 5.74) is 2.27. The standard InChI is InChI=1S/C26H27ClN2O5S/c1-4-21(18-9-14-23(33-3)17(2)15-18)28-26(30)25-16-29(22-7-5-6-8-24(22)34-25)35(31,32)20-12-10-19(27)11-13-20/h5-15,21,25H,4,16H2,1-3H3,(H,28,30). The summed E-state index contributed by atoms with van der Waals surface area (Å²) < 4.78 is 39.5. The molecule has 0 aromatic heterocycles. The Labute approximate surface area is 210 Å². The van der Waals surface area contributed by atoms with Crippen LogP contribution in [0.25, 0.3) is 0 Å². The maximum absolute atomic E-state index is 13.5.